The minimum atomic E-state index is -0.424. The fourth-order valence-corrected chi connectivity index (χ4v) is 2.56. The molecule has 1 aromatic rings. The van der Waals surface area contributed by atoms with Gasteiger partial charge in [0, 0.05) is 11.1 Å². The molecule has 0 amide bonds. The van der Waals surface area contributed by atoms with Crippen LogP contribution in [0.5, 0.6) is 0 Å². The van der Waals surface area contributed by atoms with E-state index in [1.165, 1.54) is 0 Å². The van der Waals surface area contributed by atoms with Crippen LogP contribution in [0.4, 0.5) is 0 Å². The number of Topliss-reactive ketones (excluding diaryl/α,β-unsaturated/α-hetero) is 2. The molecular formula is C14H16O2. The zero-order valence-corrected chi connectivity index (χ0v) is 9.69. The van der Waals surface area contributed by atoms with Gasteiger partial charge in [-0.1, -0.05) is 51.0 Å². The third kappa shape index (κ3) is 1.49. The zero-order valence-electron chi connectivity index (χ0n) is 9.69. The SMILES string of the molecule is CCC(CC)C1C(=O)c2ccccc2C1=O. The molecule has 0 radical (unpaired) electrons. The highest BCUT2D eigenvalue weighted by atomic mass is 16.2. The largest absolute Gasteiger partial charge is 0.293 e. The molecule has 2 rings (SSSR count). The second-order valence-electron chi connectivity index (χ2n) is 4.33. The zero-order chi connectivity index (χ0) is 11.7. The second-order valence-corrected chi connectivity index (χ2v) is 4.33. The topological polar surface area (TPSA) is 34.1 Å². The van der Waals surface area contributed by atoms with Crippen LogP contribution in [0, 0.1) is 11.8 Å². The maximum absolute atomic E-state index is 12.1. The lowest BCUT2D eigenvalue weighted by atomic mass is 9.84. The Morgan fingerprint density at radius 1 is 1.00 bits per heavy atom. The average Bonchev–Trinajstić information content (AvgIpc) is 2.57. The first-order valence-electron chi connectivity index (χ1n) is 5.88. The van der Waals surface area contributed by atoms with Crippen molar-refractivity contribution in [1.82, 2.24) is 0 Å². The summed E-state index contributed by atoms with van der Waals surface area (Å²) in [4.78, 5) is 24.3. The predicted octanol–water partition coefficient (Wildman–Crippen LogP) is 3.12. The van der Waals surface area contributed by atoms with Crippen molar-refractivity contribution >= 4 is 11.6 Å². The van der Waals surface area contributed by atoms with Crippen molar-refractivity contribution in [2.24, 2.45) is 11.8 Å². The monoisotopic (exact) mass is 216 g/mol. The molecule has 1 aliphatic carbocycles. The third-order valence-electron chi connectivity index (χ3n) is 3.54. The van der Waals surface area contributed by atoms with E-state index in [4.69, 9.17) is 0 Å². The van der Waals surface area contributed by atoms with Crippen LogP contribution in [-0.2, 0) is 0 Å². The Morgan fingerprint density at radius 2 is 1.44 bits per heavy atom. The smallest absolute Gasteiger partial charge is 0.174 e. The molecule has 0 aliphatic heterocycles. The fraction of sp³-hybridized carbons (Fsp3) is 0.429. The van der Waals surface area contributed by atoms with Crippen molar-refractivity contribution < 1.29 is 9.59 Å². The van der Waals surface area contributed by atoms with E-state index in [1.54, 1.807) is 12.1 Å². The van der Waals surface area contributed by atoms with Gasteiger partial charge in [0.2, 0.25) is 0 Å². The second kappa shape index (κ2) is 4.20. The summed E-state index contributed by atoms with van der Waals surface area (Å²) >= 11 is 0. The minimum absolute atomic E-state index is 0.0225. The summed E-state index contributed by atoms with van der Waals surface area (Å²) in [6.07, 6.45) is 1.76. The predicted molar refractivity (Wildman–Crippen MR) is 62.7 cm³/mol. The van der Waals surface area contributed by atoms with E-state index < -0.39 is 5.92 Å². The van der Waals surface area contributed by atoms with Gasteiger partial charge in [-0.05, 0) is 5.92 Å². The first-order valence-corrected chi connectivity index (χ1v) is 5.88. The van der Waals surface area contributed by atoms with Crippen LogP contribution in [0.2, 0.25) is 0 Å². The summed E-state index contributed by atoms with van der Waals surface area (Å²) in [5, 5.41) is 0. The number of fused-ring (bicyclic) bond motifs is 1. The van der Waals surface area contributed by atoms with E-state index >= 15 is 0 Å². The van der Waals surface area contributed by atoms with Gasteiger partial charge in [0.1, 0.15) is 0 Å². The Bertz CT molecular complexity index is 395. The molecule has 16 heavy (non-hydrogen) atoms. The highest BCUT2D eigenvalue weighted by Crippen LogP contribution is 2.34. The van der Waals surface area contributed by atoms with Crippen LogP contribution in [-0.4, -0.2) is 11.6 Å². The van der Waals surface area contributed by atoms with Gasteiger partial charge >= 0.3 is 0 Å². The Balaban J connectivity index is 2.42. The molecule has 84 valence electrons. The Labute approximate surface area is 95.7 Å². The maximum atomic E-state index is 12.1. The van der Waals surface area contributed by atoms with Gasteiger partial charge in [-0.2, -0.15) is 0 Å². The number of ketones is 2. The first-order chi connectivity index (χ1) is 7.70. The Morgan fingerprint density at radius 3 is 1.81 bits per heavy atom. The molecule has 0 spiro atoms. The lowest BCUT2D eigenvalue weighted by molar-refractivity contribution is 0.0777. The summed E-state index contributed by atoms with van der Waals surface area (Å²) in [6.45, 7) is 4.08. The average molecular weight is 216 g/mol. The van der Waals surface area contributed by atoms with Gasteiger partial charge in [0.15, 0.2) is 11.6 Å². The molecule has 0 atom stereocenters. The molecule has 0 unspecified atom stereocenters. The van der Waals surface area contributed by atoms with Crippen LogP contribution in [0.15, 0.2) is 24.3 Å². The van der Waals surface area contributed by atoms with Crippen LogP contribution in [0.3, 0.4) is 0 Å². The molecule has 2 nitrogen and oxygen atoms in total. The lowest BCUT2D eigenvalue weighted by Gasteiger charge is -2.17. The highest BCUT2D eigenvalue weighted by molar-refractivity contribution is 6.26. The highest BCUT2D eigenvalue weighted by Gasteiger charge is 2.41. The standard InChI is InChI=1S/C14H16O2/c1-3-9(4-2)12-13(15)10-7-5-6-8-11(10)14(12)16/h5-9,12H,3-4H2,1-2H3. The summed E-state index contributed by atoms with van der Waals surface area (Å²) in [5.74, 6) is -0.191. The van der Waals surface area contributed by atoms with Crippen LogP contribution in [0.25, 0.3) is 0 Å². The molecule has 1 aromatic carbocycles. The molecule has 0 aromatic heterocycles. The quantitative estimate of drug-likeness (QED) is 0.727. The Hall–Kier alpha value is -1.44. The maximum Gasteiger partial charge on any atom is 0.174 e. The summed E-state index contributed by atoms with van der Waals surface area (Å²) < 4.78 is 0. The van der Waals surface area contributed by atoms with Crippen molar-refractivity contribution in [3.63, 3.8) is 0 Å². The van der Waals surface area contributed by atoms with Gasteiger partial charge < -0.3 is 0 Å². The molecule has 0 saturated carbocycles. The number of carbonyl (C=O) groups excluding carboxylic acids is 2. The number of hydrogen-bond donors (Lipinski definition) is 0. The van der Waals surface area contributed by atoms with Crippen molar-refractivity contribution in [3.8, 4) is 0 Å². The number of benzene rings is 1. The van der Waals surface area contributed by atoms with Gasteiger partial charge in [0.05, 0.1) is 5.92 Å². The molecule has 0 fully saturated rings. The van der Waals surface area contributed by atoms with Gasteiger partial charge in [-0.25, -0.2) is 0 Å². The summed E-state index contributed by atoms with van der Waals surface area (Å²) in [7, 11) is 0. The summed E-state index contributed by atoms with van der Waals surface area (Å²) in [5.41, 5.74) is 1.23. The molecule has 1 aliphatic rings. The van der Waals surface area contributed by atoms with E-state index in [0.717, 1.165) is 12.8 Å². The van der Waals surface area contributed by atoms with Gasteiger partial charge in [-0.3, -0.25) is 9.59 Å². The van der Waals surface area contributed by atoms with Crippen molar-refractivity contribution in [1.29, 1.82) is 0 Å². The van der Waals surface area contributed by atoms with E-state index in [-0.39, 0.29) is 17.5 Å². The van der Waals surface area contributed by atoms with E-state index in [0.29, 0.717) is 11.1 Å². The molecule has 0 bridgehead atoms. The normalized spacial score (nSPS) is 15.9. The van der Waals surface area contributed by atoms with Gasteiger partial charge in [-0.15, -0.1) is 0 Å². The fourth-order valence-electron chi connectivity index (χ4n) is 2.56. The van der Waals surface area contributed by atoms with Crippen LogP contribution < -0.4 is 0 Å². The molecular weight excluding hydrogens is 200 g/mol. The minimum Gasteiger partial charge on any atom is -0.293 e. The van der Waals surface area contributed by atoms with Crippen molar-refractivity contribution in [2.75, 3.05) is 0 Å². The number of rotatable bonds is 3. The van der Waals surface area contributed by atoms with Crippen LogP contribution >= 0.6 is 0 Å². The molecule has 0 heterocycles. The first kappa shape index (κ1) is 11.1. The third-order valence-corrected chi connectivity index (χ3v) is 3.54. The van der Waals surface area contributed by atoms with E-state index in [9.17, 15) is 9.59 Å². The lowest BCUT2D eigenvalue weighted by Crippen LogP contribution is -2.24. The number of hydrogen-bond acceptors (Lipinski definition) is 2. The molecule has 0 saturated heterocycles. The summed E-state index contributed by atoms with van der Waals surface area (Å²) in [6, 6.07) is 7.16. The number of carbonyl (C=O) groups is 2. The van der Waals surface area contributed by atoms with Crippen LogP contribution in [0.1, 0.15) is 47.4 Å². The van der Waals surface area contributed by atoms with Crippen molar-refractivity contribution in [2.45, 2.75) is 26.7 Å². The van der Waals surface area contributed by atoms with E-state index in [2.05, 4.69) is 0 Å². The van der Waals surface area contributed by atoms with Gasteiger partial charge in [0.25, 0.3) is 0 Å². The molecule has 2 heteroatoms. The molecule has 0 N–H and O–H groups in total. The van der Waals surface area contributed by atoms with Crippen molar-refractivity contribution in [3.05, 3.63) is 35.4 Å². The Kier molecular flexibility index (Phi) is 2.90. The van der Waals surface area contributed by atoms with E-state index in [1.807, 2.05) is 26.0 Å².